The van der Waals surface area contributed by atoms with Crippen LogP contribution in [-0.2, 0) is 10.0 Å². The largest absolute Gasteiger partial charge is 0.295 e. The molecule has 1 rings (SSSR count). The number of halogens is 1. The monoisotopic (exact) mass is 245 g/mol. The van der Waals surface area contributed by atoms with Crippen LogP contribution in [0.3, 0.4) is 0 Å². The lowest BCUT2D eigenvalue weighted by molar-refractivity contribution is 0.101. The molecule has 0 aliphatic carbocycles. The van der Waals surface area contributed by atoms with Crippen molar-refractivity contribution in [3.63, 3.8) is 0 Å². The van der Waals surface area contributed by atoms with Crippen molar-refractivity contribution in [1.29, 1.82) is 0 Å². The van der Waals surface area contributed by atoms with Crippen LogP contribution in [0.2, 0.25) is 0 Å². The molecule has 0 unspecified atom stereocenters. The van der Waals surface area contributed by atoms with Crippen molar-refractivity contribution < 1.29 is 17.6 Å². The maximum Gasteiger partial charge on any atom is 0.232 e. The average Bonchev–Trinajstić information content (AvgIpc) is 2.21. The van der Waals surface area contributed by atoms with Crippen molar-refractivity contribution in [2.45, 2.75) is 13.8 Å². The van der Waals surface area contributed by atoms with Crippen molar-refractivity contribution in [3.05, 3.63) is 29.6 Å². The van der Waals surface area contributed by atoms with Gasteiger partial charge in [0.2, 0.25) is 10.0 Å². The van der Waals surface area contributed by atoms with Gasteiger partial charge in [0.1, 0.15) is 5.82 Å². The maximum atomic E-state index is 13.3. The highest BCUT2D eigenvalue weighted by Crippen LogP contribution is 2.17. The van der Waals surface area contributed by atoms with Gasteiger partial charge in [-0.25, -0.2) is 12.8 Å². The highest BCUT2D eigenvalue weighted by Gasteiger charge is 2.12. The van der Waals surface area contributed by atoms with Crippen LogP contribution in [-0.4, -0.2) is 20.0 Å². The summed E-state index contributed by atoms with van der Waals surface area (Å²) in [6.07, 6.45) is 0. The topological polar surface area (TPSA) is 63.2 Å². The number of hydrogen-bond donors (Lipinski definition) is 1. The summed E-state index contributed by atoms with van der Waals surface area (Å²) >= 11 is 0. The van der Waals surface area contributed by atoms with E-state index in [0.29, 0.717) is 0 Å². The van der Waals surface area contributed by atoms with E-state index < -0.39 is 15.8 Å². The second-order valence-electron chi connectivity index (χ2n) is 3.26. The zero-order valence-corrected chi connectivity index (χ0v) is 9.77. The molecule has 1 N–H and O–H groups in total. The molecule has 0 saturated heterocycles. The Balaban J connectivity index is 3.13. The molecule has 1 aromatic carbocycles. The molecule has 1 aromatic rings. The van der Waals surface area contributed by atoms with Gasteiger partial charge in [-0.3, -0.25) is 9.52 Å². The van der Waals surface area contributed by atoms with Gasteiger partial charge in [-0.05, 0) is 32.0 Å². The predicted octanol–water partition coefficient (Wildman–Crippen LogP) is 1.79. The second kappa shape index (κ2) is 4.61. The van der Waals surface area contributed by atoms with E-state index >= 15 is 0 Å². The van der Waals surface area contributed by atoms with E-state index in [2.05, 4.69) is 4.72 Å². The predicted molar refractivity (Wildman–Crippen MR) is 59.5 cm³/mol. The summed E-state index contributed by atoms with van der Waals surface area (Å²) in [5.41, 5.74) is 0.0600. The van der Waals surface area contributed by atoms with Crippen molar-refractivity contribution in [3.8, 4) is 0 Å². The molecule has 0 bridgehead atoms. The van der Waals surface area contributed by atoms with Crippen LogP contribution in [0.1, 0.15) is 24.2 Å². The number of carbonyl (C=O) groups is 1. The normalized spacial score (nSPS) is 11.2. The molecule has 0 heterocycles. The first-order chi connectivity index (χ1) is 7.35. The number of rotatable bonds is 4. The quantitative estimate of drug-likeness (QED) is 0.822. The average molecular weight is 245 g/mol. The zero-order valence-electron chi connectivity index (χ0n) is 8.95. The lowest BCUT2D eigenvalue weighted by Gasteiger charge is -2.08. The van der Waals surface area contributed by atoms with Gasteiger partial charge >= 0.3 is 0 Å². The van der Waals surface area contributed by atoms with Crippen molar-refractivity contribution in [2.75, 3.05) is 10.5 Å². The van der Waals surface area contributed by atoms with Gasteiger partial charge in [0.15, 0.2) is 5.78 Å². The maximum absolute atomic E-state index is 13.3. The Morgan fingerprint density at radius 3 is 2.56 bits per heavy atom. The van der Waals surface area contributed by atoms with Crippen LogP contribution in [0.15, 0.2) is 18.2 Å². The summed E-state index contributed by atoms with van der Waals surface area (Å²) < 4.78 is 37.8. The van der Waals surface area contributed by atoms with Crippen LogP contribution < -0.4 is 4.72 Å². The van der Waals surface area contributed by atoms with Gasteiger partial charge in [0.25, 0.3) is 0 Å². The second-order valence-corrected chi connectivity index (χ2v) is 5.27. The summed E-state index contributed by atoms with van der Waals surface area (Å²) in [5, 5.41) is 0. The van der Waals surface area contributed by atoms with Crippen molar-refractivity contribution >= 4 is 21.5 Å². The molecule has 0 radical (unpaired) electrons. The summed E-state index contributed by atoms with van der Waals surface area (Å²) in [5.74, 6) is -1.12. The molecule has 0 amide bonds. The Hall–Kier alpha value is -1.43. The molecule has 0 aliphatic rings. The first-order valence-corrected chi connectivity index (χ1v) is 6.32. The number of anilines is 1. The fourth-order valence-electron chi connectivity index (χ4n) is 1.06. The van der Waals surface area contributed by atoms with E-state index in [1.165, 1.54) is 26.0 Å². The Labute approximate surface area is 93.5 Å². The number of Topliss-reactive ketones (excluding diaryl/α,β-unsaturated/α-hetero) is 1. The highest BCUT2D eigenvalue weighted by molar-refractivity contribution is 7.92. The summed E-state index contributed by atoms with van der Waals surface area (Å²) in [6.45, 7) is 2.76. The number of hydrogen-bond acceptors (Lipinski definition) is 3. The molecule has 0 atom stereocenters. The standard InChI is InChI=1S/C10H12FNO3S/c1-3-16(14,15)12-10-6-8(7(2)13)4-5-9(10)11/h4-6,12H,3H2,1-2H3. The summed E-state index contributed by atoms with van der Waals surface area (Å²) in [4.78, 5) is 11.0. The fourth-order valence-corrected chi connectivity index (χ4v) is 1.70. The lowest BCUT2D eigenvalue weighted by Crippen LogP contribution is -2.16. The third-order valence-electron chi connectivity index (χ3n) is 2.02. The molecule has 6 heteroatoms. The Kier molecular flexibility index (Phi) is 3.64. The molecular formula is C10H12FNO3S. The van der Waals surface area contributed by atoms with Gasteiger partial charge in [-0.1, -0.05) is 0 Å². The third kappa shape index (κ3) is 3.03. The van der Waals surface area contributed by atoms with E-state index in [9.17, 15) is 17.6 Å². The van der Waals surface area contributed by atoms with E-state index in [4.69, 9.17) is 0 Å². The molecule has 88 valence electrons. The molecule has 16 heavy (non-hydrogen) atoms. The lowest BCUT2D eigenvalue weighted by atomic mass is 10.1. The highest BCUT2D eigenvalue weighted by atomic mass is 32.2. The van der Waals surface area contributed by atoms with Crippen LogP contribution in [0.4, 0.5) is 10.1 Å². The van der Waals surface area contributed by atoms with Crippen molar-refractivity contribution in [2.24, 2.45) is 0 Å². The molecule has 0 aromatic heterocycles. The zero-order chi connectivity index (χ0) is 12.3. The Morgan fingerprint density at radius 1 is 1.44 bits per heavy atom. The first kappa shape index (κ1) is 12.6. The van der Waals surface area contributed by atoms with Crippen LogP contribution in [0.5, 0.6) is 0 Å². The van der Waals surface area contributed by atoms with Gasteiger partial charge in [0.05, 0.1) is 11.4 Å². The van der Waals surface area contributed by atoms with Crippen LogP contribution >= 0.6 is 0 Å². The minimum absolute atomic E-state index is 0.156. The van der Waals surface area contributed by atoms with Gasteiger partial charge in [0, 0.05) is 5.56 Å². The SMILES string of the molecule is CCS(=O)(=O)Nc1cc(C(C)=O)ccc1F. The third-order valence-corrected chi connectivity index (χ3v) is 3.31. The minimum Gasteiger partial charge on any atom is -0.295 e. The molecular weight excluding hydrogens is 233 g/mol. The van der Waals surface area contributed by atoms with Gasteiger partial charge in [-0.2, -0.15) is 0 Å². The van der Waals surface area contributed by atoms with Gasteiger partial charge < -0.3 is 0 Å². The number of sulfonamides is 1. The van der Waals surface area contributed by atoms with Gasteiger partial charge in [-0.15, -0.1) is 0 Å². The summed E-state index contributed by atoms with van der Waals surface area (Å²) in [7, 11) is -3.54. The minimum atomic E-state index is -3.54. The smallest absolute Gasteiger partial charge is 0.232 e. The first-order valence-electron chi connectivity index (χ1n) is 4.66. The molecule has 0 fully saturated rings. The molecule has 0 saturated carbocycles. The Bertz CT molecular complexity index is 511. The van der Waals surface area contributed by atoms with Crippen LogP contribution in [0.25, 0.3) is 0 Å². The van der Waals surface area contributed by atoms with E-state index in [0.717, 1.165) is 6.07 Å². The van der Waals surface area contributed by atoms with E-state index in [-0.39, 0.29) is 22.8 Å². The van der Waals surface area contributed by atoms with E-state index in [1.54, 1.807) is 0 Å². The number of carbonyl (C=O) groups excluding carboxylic acids is 1. The summed E-state index contributed by atoms with van der Waals surface area (Å²) in [6, 6.07) is 3.55. The number of benzene rings is 1. The number of ketones is 1. The van der Waals surface area contributed by atoms with Crippen LogP contribution in [0, 0.1) is 5.82 Å². The Morgan fingerprint density at radius 2 is 2.06 bits per heavy atom. The molecule has 4 nitrogen and oxygen atoms in total. The fraction of sp³-hybridized carbons (Fsp3) is 0.300. The van der Waals surface area contributed by atoms with Crippen molar-refractivity contribution in [1.82, 2.24) is 0 Å². The number of nitrogens with one attached hydrogen (secondary N) is 1. The van der Waals surface area contributed by atoms with E-state index in [1.807, 2.05) is 0 Å². The molecule has 0 aliphatic heterocycles. The molecule has 0 spiro atoms.